The molecule has 1 saturated heterocycles. The molecule has 1 aliphatic heterocycles. The van der Waals surface area contributed by atoms with Gasteiger partial charge in [0.1, 0.15) is 12.4 Å². The molecular weight excluding hydrogens is 198 g/mol. The first-order valence-electron chi connectivity index (χ1n) is 6.28. The molecule has 1 fully saturated rings. The van der Waals surface area contributed by atoms with Gasteiger partial charge in [-0.1, -0.05) is 31.5 Å². The van der Waals surface area contributed by atoms with Gasteiger partial charge >= 0.3 is 0 Å². The molecule has 1 unspecified atom stereocenters. The molecule has 16 heavy (non-hydrogen) atoms. The Labute approximate surface area is 98.2 Å². The minimum Gasteiger partial charge on any atom is -0.492 e. The average molecular weight is 219 g/mol. The molecule has 0 amide bonds. The Morgan fingerprint density at radius 3 is 2.81 bits per heavy atom. The van der Waals surface area contributed by atoms with Gasteiger partial charge in [-0.15, -0.1) is 0 Å². The Morgan fingerprint density at radius 2 is 2.12 bits per heavy atom. The molecule has 0 spiro atoms. The molecule has 1 aromatic rings. The molecule has 0 radical (unpaired) electrons. The van der Waals surface area contributed by atoms with Crippen LogP contribution in [0, 0.1) is 5.92 Å². The van der Waals surface area contributed by atoms with Gasteiger partial charge in [0, 0.05) is 13.1 Å². The molecule has 0 saturated carbocycles. The van der Waals surface area contributed by atoms with Crippen molar-refractivity contribution in [2.24, 2.45) is 5.92 Å². The zero-order valence-corrected chi connectivity index (χ0v) is 10.1. The van der Waals surface area contributed by atoms with Crippen LogP contribution in [-0.2, 0) is 0 Å². The van der Waals surface area contributed by atoms with Crippen molar-refractivity contribution in [3.05, 3.63) is 30.3 Å². The first kappa shape index (κ1) is 11.5. The molecule has 1 aromatic carbocycles. The molecule has 2 nitrogen and oxygen atoms in total. The van der Waals surface area contributed by atoms with E-state index in [4.69, 9.17) is 4.74 Å². The molecule has 1 atom stereocenters. The number of rotatable bonds is 5. The molecule has 2 heteroatoms. The highest BCUT2D eigenvalue weighted by Crippen LogP contribution is 2.18. The maximum Gasteiger partial charge on any atom is 0.119 e. The van der Waals surface area contributed by atoms with Crippen LogP contribution in [0.3, 0.4) is 0 Å². The van der Waals surface area contributed by atoms with E-state index in [-0.39, 0.29) is 0 Å². The highest BCUT2D eigenvalue weighted by molar-refractivity contribution is 5.20. The number of likely N-dealkylation sites (tertiary alicyclic amines) is 1. The van der Waals surface area contributed by atoms with Crippen molar-refractivity contribution in [1.29, 1.82) is 0 Å². The van der Waals surface area contributed by atoms with E-state index in [0.29, 0.717) is 0 Å². The normalized spacial score (nSPS) is 21.2. The SMILES string of the molecule is CCC1CCN(CCOc2ccccc2)C1. The molecule has 1 aliphatic rings. The predicted octanol–water partition coefficient (Wildman–Crippen LogP) is 2.80. The monoisotopic (exact) mass is 219 g/mol. The third-order valence-electron chi connectivity index (χ3n) is 3.37. The highest BCUT2D eigenvalue weighted by atomic mass is 16.5. The van der Waals surface area contributed by atoms with Crippen molar-refractivity contribution in [1.82, 2.24) is 4.90 Å². The van der Waals surface area contributed by atoms with Gasteiger partial charge in [0.05, 0.1) is 0 Å². The van der Waals surface area contributed by atoms with Crippen LogP contribution in [-0.4, -0.2) is 31.1 Å². The number of hydrogen-bond acceptors (Lipinski definition) is 2. The fraction of sp³-hybridized carbons (Fsp3) is 0.571. The minimum atomic E-state index is 0.806. The van der Waals surface area contributed by atoms with Crippen LogP contribution in [0.2, 0.25) is 0 Å². The van der Waals surface area contributed by atoms with Gasteiger partial charge in [0.25, 0.3) is 0 Å². The van der Waals surface area contributed by atoms with Gasteiger partial charge in [-0.05, 0) is 31.0 Å². The largest absolute Gasteiger partial charge is 0.492 e. The third-order valence-corrected chi connectivity index (χ3v) is 3.37. The highest BCUT2D eigenvalue weighted by Gasteiger charge is 2.20. The molecule has 0 bridgehead atoms. The van der Waals surface area contributed by atoms with Crippen molar-refractivity contribution >= 4 is 0 Å². The topological polar surface area (TPSA) is 12.5 Å². The summed E-state index contributed by atoms with van der Waals surface area (Å²) < 4.78 is 5.70. The summed E-state index contributed by atoms with van der Waals surface area (Å²) in [7, 11) is 0. The molecule has 0 N–H and O–H groups in total. The van der Waals surface area contributed by atoms with E-state index in [1.54, 1.807) is 0 Å². The van der Waals surface area contributed by atoms with Crippen LogP contribution >= 0.6 is 0 Å². The Kier molecular flexibility index (Phi) is 4.23. The zero-order chi connectivity index (χ0) is 11.2. The lowest BCUT2D eigenvalue weighted by Crippen LogP contribution is -2.26. The van der Waals surface area contributed by atoms with Crippen LogP contribution in [0.4, 0.5) is 0 Å². The number of nitrogens with zero attached hydrogens (tertiary/aromatic N) is 1. The van der Waals surface area contributed by atoms with Crippen molar-refractivity contribution in [3.8, 4) is 5.75 Å². The fourth-order valence-electron chi connectivity index (χ4n) is 2.26. The summed E-state index contributed by atoms with van der Waals surface area (Å²) in [6.45, 7) is 6.66. The van der Waals surface area contributed by atoms with Crippen LogP contribution < -0.4 is 4.74 Å². The Morgan fingerprint density at radius 1 is 1.31 bits per heavy atom. The molecule has 0 aromatic heterocycles. The van der Waals surface area contributed by atoms with Crippen LogP contribution in [0.1, 0.15) is 19.8 Å². The van der Waals surface area contributed by atoms with Gasteiger partial charge in [-0.25, -0.2) is 0 Å². The van der Waals surface area contributed by atoms with E-state index in [9.17, 15) is 0 Å². The summed E-state index contributed by atoms with van der Waals surface area (Å²) in [5, 5.41) is 0. The standard InChI is InChI=1S/C14H21NO/c1-2-13-8-9-15(12-13)10-11-16-14-6-4-3-5-7-14/h3-7,13H,2,8-12H2,1H3. The number of ether oxygens (including phenoxy) is 1. The van der Waals surface area contributed by atoms with Crippen molar-refractivity contribution < 1.29 is 4.74 Å². The summed E-state index contributed by atoms with van der Waals surface area (Å²) in [5.74, 6) is 1.89. The van der Waals surface area contributed by atoms with Gasteiger partial charge < -0.3 is 4.74 Å². The maximum absolute atomic E-state index is 5.70. The van der Waals surface area contributed by atoms with Gasteiger partial charge in [0.2, 0.25) is 0 Å². The van der Waals surface area contributed by atoms with Crippen molar-refractivity contribution in [2.75, 3.05) is 26.2 Å². The smallest absolute Gasteiger partial charge is 0.119 e. The third kappa shape index (κ3) is 3.24. The summed E-state index contributed by atoms with van der Waals surface area (Å²) in [6.07, 6.45) is 2.68. The summed E-state index contributed by atoms with van der Waals surface area (Å²) in [6, 6.07) is 10.1. The van der Waals surface area contributed by atoms with Gasteiger partial charge in [-0.2, -0.15) is 0 Å². The Balaban J connectivity index is 1.65. The van der Waals surface area contributed by atoms with E-state index in [1.807, 2.05) is 30.3 Å². The lowest BCUT2D eigenvalue weighted by atomic mass is 10.1. The fourth-order valence-corrected chi connectivity index (χ4v) is 2.26. The first-order chi connectivity index (χ1) is 7.88. The predicted molar refractivity (Wildman–Crippen MR) is 66.8 cm³/mol. The van der Waals surface area contributed by atoms with Crippen LogP contribution in [0.25, 0.3) is 0 Å². The second-order valence-electron chi connectivity index (χ2n) is 4.53. The number of benzene rings is 1. The minimum absolute atomic E-state index is 0.806. The second-order valence-corrected chi connectivity index (χ2v) is 4.53. The average Bonchev–Trinajstić information content (AvgIpc) is 2.78. The van der Waals surface area contributed by atoms with E-state index in [2.05, 4.69) is 11.8 Å². The van der Waals surface area contributed by atoms with E-state index < -0.39 is 0 Å². The van der Waals surface area contributed by atoms with Gasteiger partial charge in [-0.3, -0.25) is 4.90 Å². The first-order valence-corrected chi connectivity index (χ1v) is 6.28. The zero-order valence-electron chi connectivity index (χ0n) is 10.1. The van der Waals surface area contributed by atoms with Crippen LogP contribution in [0.5, 0.6) is 5.75 Å². The summed E-state index contributed by atoms with van der Waals surface area (Å²) in [4.78, 5) is 2.51. The lowest BCUT2D eigenvalue weighted by Gasteiger charge is -2.15. The Hall–Kier alpha value is -1.02. The molecule has 0 aliphatic carbocycles. The molecule has 1 heterocycles. The van der Waals surface area contributed by atoms with E-state index in [1.165, 1.54) is 25.9 Å². The van der Waals surface area contributed by atoms with Crippen molar-refractivity contribution in [2.45, 2.75) is 19.8 Å². The van der Waals surface area contributed by atoms with Crippen LogP contribution in [0.15, 0.2) is 30.3 Å². The maximum atomic E-state index is 5.70. The van der Waals surface area contributed by atoms with E-state index in [0.717, 1.165) is 24.8 Å². The molecule has 88 valence electrons. The summed E-state index contributed by atoms with van der Waals surface area (Å²) in [5.41, 5.74) is 0. The Bertz CT molecular complexity index is 299. The molecule has 2 rings (SSSR count). The number of hydrogen-bond donors (Lipinski definition) is 0. The van der Waals surface area contributed by atoms with Gasteiger partial charge in [0.15, 0.2) is 0 Å². The van der Waals surface area contributed by atoms with E-state index >= 15 is 0 Å². The lowest BCUT2D eigenvalue weighted by molar-refractivity contribution is 0.232. The second kappa shape index (κ2) is 5.90. The quantitative estimate of drug-likeness (QED) is 0.755. The van der Waals surface area contributed by atoms with Crippen molar-refractivity contribution in [3.63, 3.8) is 0 Å². The molecular formula is C14H21NO. The number of para-hydroxylation sites is 1. The summed E-state index contributed by atoms with van der Waals surface area (Å²) >= 11 is 0.